The summed E-state index contributed by atoms with van der Waals surface area (Å²) in [6.45, 7) is 0. The van der Waals surface area contributed by atoms with E-state index < -0.39 is 5.41 Å². The zero-order chi connectivity index (χ0) is 37.8. The molecule has 3 heteroatoms. The molecular weight excluding hydrogens is 691 g/mol. The lowest BCUT2D eigenvalue weighted by Gasteiger charge is -2.35. The van der Waals surface area contributed by atoms with Crippen molar-refractivity contribution in [2.45, 2.75) is 5.41 Å². The van der Waals surface area contributed by atoms with Crippen LogP contribution < -0.4 is 0 Å². The number of aromatic nitrogens is 3. The van der Waals surface area contributed by atoms with Crippen molar-refractivity contribution in [3.05, 3.63) is 235 Å². The summed E-state index contributed by atoms with van der Waals surface area (Å²) in [7, 11) is 0. The van der Waals surface area contributed by atoms with Crippen LogP contribution in [0.15, 0.2) is 212 Å². The van der Waals surface area contributed by atoms with Crippen LogP contribution in [0.1, 0.15) is 22.3 Å². The van der Waals surface area contributed by atoms with Crippen molar-refractivity contribution in [3.8, 4) is 56.4 Å². The summed E-state index contributed by atoms with van der Waals surface area (Å²) in [5.41, 5.74) is 12.3. The van der Waals surface area contributed by atoms with Gasteiger partial charge >= 0.3 is 0 Å². The van der Waals surface area contributed by atoms with E-state index in [4.69, 9.17) is 15.0 Å². The third-order valence-corrected chi connectivity index (χ3v) is 11.6. The minimum absolute atomic E-state index is 0.499. The van der Waals surface area contributed by atoms with E-state index in [1.54, 1.807) is 0 Å². The fraction of sp³-hybridized carbons (Fsp3) is 0.0185. The Morgan fingerprint density at radius 2 is 0.702 bits per heavy atom. The van der Waals surface area contributed by atoms with Gasteiger partial charge in [-0.25, -0.2) is 15.0 Å². The molecule has 0 bridgehead atoms. The fourth-order valence-corrected chi connectivity index (χ4v) is 8.96. The second-order valence-electron chi connectivity index (χ2n) is 14.8. The Balaban J connectivity index is 1.08. The standard InChI is InChI=1S/C54H35N3/c1-3-18-44(19-4-1)54(45-20-5-2-6-21-45)49-25-12-11-22-47(49)48-24-13-23-46(50(48)54)38-28-30-39(31-29-38)51-55-52(42-32-26-36-14-7-9-16-40(36)34-42)57-53(56-51)43-33-27-37-15-8-10-17-41(37)35-43/h1-35H. The maximum atomic E-state index is 5.14. The summed E-state index contributed by atoms with van der Waals surface area (Å²) in [5, 5.41) is 4.65. The normalized spacial score (nSPS) is 12.7. The summed E-state index contributed by atoms with van der Waals surface area (Å²) >= 11 is 0. The lowest BCUT2D eigenvalue weighted by Crippen LogP contribution is -2.29. The largest absolute Gasteiger partial charge is 0.208 e. The number of hydrogen-bond donors (Lipinski definition) is 0. The van der Waals surface area contributed by atoms with Gasteiger partial charge in [-0.2, -0.15) is 0 Å². The summed E-state index contributed by atoms with van der Waals surface area (Å²) in [6, 6.07) is 76.0. The van der Waals surface area contributed by atoms with Crippen LogP contribution in [0, 0.1) is 0 Å². The first kappa shape index (κ1) is 32.9. The molecule has 0 aliphatic heterocycles. The molecule has 0 atom stereocenters. The minimum Gasteiger partial charge on any atom is -0.208 e. The highest BCUT2D eigenvalue weighted by atomic mass is 15.0. The lowest BCUT2D eigenvalue weighted by molar-refractivity contribution is 0.770. The van der Waals surface area contributed by atoms with Crippen molar-refractivity contribution < 1.29 is 0 Å². The predicted octanol–water partition coefficient (Wildman–Crippen LogP) is 13.2. The van der Waals surface area contributed by atoms with E-state index in [0.29, 0.717) is 17.5 Å². The highest BCUT2D eigenvalue weighted by Gasteiger charge is 2.47. The molecule has 57 heavy (non-hydrogen) atoms. The van der Waals surface area contributed by atoms with Gasteiger partial charge in [0.05, 0.1) is 5.41 Å². The molecule has 0 spiro atoms. The number of rotatable bonds is 6. The van der Waals surface area contributed by atoms with E-state index in [-0.39, 0.29) is 0 Å². The second kappa shape index (κ2) is 13.4. The Bertz CT molecular complexity index is 2980. The highest BCUT2D eigenvalue weighted by Crippen LogP contribution is 2.58. The van der Waals surface area contributed by atoms with Crippen LogP contribution >= 0.6 is 0 Å². The number of nitrogens with zero attached hydrogens (tertiary/aromatic N) is 3. The summed E-state index contributed by atoms with van der Waals surface area (Å²) in [6.07, 6.45) is 0. The van der Waals surface area contributed by atoms with Crippen LogP contribution in [0.3, 0.4) is 0 Å². The second-order valence-corrected chi connectivity index (χ2v) is 14.8. The predicted molar refractivity (Wildman–Crippen MR) is 234 cm³/mol. The molecule has 266 valence electrons. The van der Waals surface area contributed by atoms with Crippen molar-refractivity contribution in [2.75, 3.05) is 0 Å². The molecule has 1 aromatic heterocycles. The molecule has 0 unspecified atom stereocenters. The molecule has 0 saturated heterocycles. The van der Waals surface area contributed by atoms with E-state index in [2.05, 4.69) is 212 Å². The highest BCUT2D eigenvalue weighted by molar-refractivity contribution is 5.93. The topological polar surface area (TPSA) is 38.7 Å². The molecule has 0 saturated carbocycles. The first-order chi connectivity index (χ1) is 28.2. The van der Waals surface area contributed by atoms with Gasteiger partial charge in [-0.05, 0) is 78.2 Å². The fourth-order valence-electron chi connectivity index (χ4n) is 8.96. The van der Waals surface area contributed by atoms with Gasteiger partial charge in [0.15, 0.2) is 17.5 Å². The average Bonchev–Trinajstić information content (AvgIpc) is 3.60. The smallest absolute Gasteiger partial charge is 0.164 e. The third kappa shape index (κ3) is 5.39. The van der Waals surface area contributed by atoms with Crippen LogP contribution in [-0.4, -0.2) is 15.0 Å². The maximum Gasteiger partial charge on any atom is 0.164 e. The molecule has 1 heterocycles. The summed E-state index contributed by atoms with van der Waals surface area (Å²) in [4.78, 5) is 15.4. The van der Waals surface area contributed by atoms with Gasteiger partial charge < -0.3 is 0 Å². The van der Waals surface area contributed by atoms with Crippen molar-refractivity contribution in [3.63, 3.8) is 0 Å². The molecule has 0 radical (unpaired) electrons. The van der Waals surface area contributed by atoms with E-state index in [1.807, 2.05) is 0 Å². The number of benzene rings is 9. The van der Waals surface area contributed by atoms with Crippen molar-refractivity contribution in [2.24, 2.45) is 0 Å². The molecule has 3 nitrogen and oxygen atoms in total. The van der Waals surface area contributed by atoms with E-state index in [0.717, 1.165) is 33.0 Å². The Labute approximate surface area is 331 Å². The molecule has 1 aliphatic rings. The number of fused-ring (bicyclic) bond motifs is 5. The zero-order valence-electron chi connectivity index (χ0n) is 31.0. The maximum absolute atomic E-state index is 5.14. The van der Waals surface area contributed by atoms with Crippen molar-refractivity contribution >= 4 is 21.5 Å². The van der Waals surface area contributed by atoms with Gasteiger partial charge in [0.2, 0.25) is 0 Å². The molecule has 0 N–H and O–H groups in total. The number of hydrogen-bond acceptors (Lipinski definition) is 3. The van der Waals surface area contributed by atoms with E-state index in [9.17, 15) is 0 Å². The van der Waals surface area contributed by atoms with Gasteiger partial charge in [-0.3, -0.25) is 0 Å². The lowest BCUT2D eigenvalue weighted by atomic mass is 9.66. The molecule has 9 aromatic carbocycles. The average molecular weight is 726 g/mol. The van der Waals surface area contributed by atoms with Gasteiger partial charge in [0.1, 0.15) is 0 Å². The monoisotopic (exact) mass is 725 g/mol. The van der Waals surface area contributed by atoms with Gasteiger partial charge in [0.25, 0.3) is 0 Å². The molecule has 10 aromatic rings. The van der Waals surface area contributed by atoms with Crippen molar-refractivity contribution in [1.29, 1.82) is 0 Å². The van der Waals surface area contributed by atoms with Crippen LogP contribution in [0.5, 0.6) is 0 Å². The SMILES string of the molecule is c1ccc(C2(c3ccccc3)c3ccccc3-c3cccc(-c4ccc(-c5nc(-c6ccc7ccccc7c6)nc(-c6ccc7ccccc7c6)n5)cc4)c32)cc1. The summed E-state index contributed by atoms with van der Waals surface area (Å²) in [5.74, 6) is 1.93. The zero-order valence-corrected chi connectivity index (χ0v) is 31.0. The van der Waals surface area contributed by atoms with Gasteiger partial charge in [-0.15, -0.1) is 0 Å². The van der Waals surface area contributed by atoms with E-state index >= 15 is 0 Å². The first-order valence-electron chi connectivity index (χ1n) is 19.4. The molecule has 0 amide bonds. The molecule has 0 fully saturated rings. The van der Waals surface area contributed by atoms with Gasteiger partial charge in [0, 0.05) is 16.7 Å². The van der Waals surface area contributed by atoms with Crippen LogP contribution in [0.2, 0.25) is 0 Å². The molecule has 11 rings (SSSR count). The van der Waals surface area contributed by atoms with Crippen LogP contribution in [0.4, 0.5) is 0 Å². The Kier molecular flexibility index (Phi) is 7.71. The van der Waals surface area contributed by atoms with Gasteiger partial charge in [-0.1, -0.05) is 200 Å². The Morgan fingerprint density at radius 3 is 1.28 bits per heavy atom. The third-order valence-electron chi connectivity index (χ3n) is 11.6. The Morgan fingerprint density at radius 1 is 0.281 bits per heavy atom. The molecular formula is C54H35N3. The van der Waals surface area contributed by atoms with Crippen LogP contribution in [-0.2, 0) is 5.41 Å². The first-order valence-corrected chi connectivity index (χ1v) is 19.4. The van der Waals surface area contributed by atoms with E-state index in [1.165, 1.54) is 49.7 Å². The minimum atomic E-state index is -0.499. The van der Waals surface area contributed by atoms with Crippen LogP contribution in [0.25, 0.3) is 78.0 Å². The quantitative estimate of drug-likeness (QED) is 0.171. The molecule has 1 aliphatic carbocycles. The van der Waals surface area contributed by atoms with Crippen molar-refractivity contribution in [1.82, 2.24) is 15.0 Å². The Hall–Kier alpha value is -7.49. The summed E-state index contributed by atoms with van der Waals surface area (Å²) < 4.78 is 0.